The molecule has 33 heavy (non-hydrogen) atoms. The number of ether oxygens (including phenoxy) is 4. The fourth-order valence-electron chi connectivity index (χ4n) is 3.56. The van der Waals surface area contributed by atoms with Gasteiger partial charge in [0.25, 0.3) is 0 Å². The topological polar surface area (TPSA) is 62.7 Å². The summed E-state index contributed by atoms with van der Waals surface area (Å²) in [6, 6.07) is 12.1. The Balaban J connectivity index is 1.79. The first kappa shape index (κ1) is 23.2. The normalized spacial score (nSPS) is 15.5. The Hall–Kier alpha value is -3.00. The maximum atomic E-state index is 6.17. The minimum atomic E-state index is 0.436. The predicted molar refractivity (Wildman–Crippen MR) is 133 cm³/mol. The van der Waals surface area contributed by atoms with Gasteiger partial charge in [0, 0.05) is 11.1 Å². The molecule has 0 amide bonds. The molecule has 0 fully saturated rings. The number of hydrogen-bond acceptors (Lipinski definition) is 7. The molecule has 3 aromatic rings. The Morgan fingerprint density at radius 3 is 1.58 bits per heavy atom. The number of allylic oxidation sites excluding steroid dienone is 2. The lowest BCUT2D eigenvalue weighted by atomic mass is 10.1. The first-order valence-electron chi connectivity index (χ1n) is 11.1. The molecule has 0 saturated carbocycles. The van der Waals surface area contributed by atoms with Gasteiger partial charge in [-0.3, -0.25) is 0 Å². The number of benzene rings is 2. The Morgan fingerprint density at radius 1 is 0.667 bits per heavy atom. The van der Waals surface area contributed by atoms with Crippen molar-refractivity contribution in [2.75, 3.05) is 39.6 Å². The lowest BCUT2D eigenvalue weighted by Gasteiger charge is -2.13. The van der Waals surface area contributed by atoms with Crippen LogP contribution in [0.4, 0.5) is 0 Å². The average Bonchev–Trinajstić information content (AvgIpc) is 3.31. The van der Waals surface area contributed by atoms with Crippen molar-refractivity contribution in [3.8, 4) is 32.6 Å². The van der Waals surface area contributed by atoms with Crippen molar-refractivity contribution in [2.24, 2.45) is 0 Å². The summed E-state index contributed by atoms with van der Waals surface area (Å²) in [5.41, 5.74) is 3.81. The third-order valence-corrected chi connectivity index (χ3v) is 5.98. The summed E-state index contributed by atoms with van der Waals surface area (Å²) in [6.07, 6.45) is 8.06. The van der Waals surface area contributed by atoms with Crippen LogP contribution in [0.3, 0.4) is 0 Å². The molecule has 172 valence electrons. The maximum Gasteiger partial charge on any atom is 0.151 e. The van der Waals surface area contributed by atoms with Crippen LogP contribution in [0.2, 0.25) is 0 Å². The van der Waals surface area contributed by atoms with Gasteiger partial charge in [0.15, 0.2) is 10.0 Å². The van der Waals surface area contributed by atoms with Gasteiger partial charge in [-0.2, -0.15) is 0 Å². The highest BCUT2D eigenvalue weighted by molar-refractivity contribution is 7.18. The minimum absolute atomic E-state index is 0.436. The van der Waals surface area contributed by atoms with E-state index in [4.69, 9.17) is 18.9 Å². The molecule has 1 aromatic heterocycles. The van der Waals surface area contributed by atoms with Crippen LogP contribution in [0, 0.1) is 0 Å². The predicted octanol–water partition coefficient (Wildman–Crippen LogP) is 5.74. The van der Waals surface area contributed by atoms with Crippen molar-refractivity contribution in [1.29, 1.82) is 0 Å². The molecular weight excluding hydrogens is 436 g/mol. The molecule has 7 heteroatoms. The van der Waals surface area contributed by atoms with Gasteiger partial charge >= 0.3 is 0 Å². The van der Waals surface area contributed by atoms with Gasteiger partial charge in [-0.25, -0.2) is 0 Å². The van der Waals surface area contributed by atoms with Crippen molar-refractivity contribution < 1.29 is 18.9 Å². The third kappa shape index (κ3) is 5.68. The van der Waals surface area contributed by atoms with Crippen LogP contribution in [0.5, 0.6) is 11.5 Å². The molecule has 2 heterocycles. The number of aromatic nitrogens is 2. The summed E-state index contributed by atoms with van der Waals surface area (Å²) < 4.78 is 23.7. The summed E-state index contributed by atoms with van der Waals surface area (Å²) in [6.45, 7) is 6.81. The van der Waals surface area contributed by atoms with E-state index in [0.29, 0.717) is 39.6 Å². The molecule has 0 aliphatic carbocycles. The molecule has 0 radical (unpaired) electrons. The lowest BCUT2D eigenvalue weighted by molar-refractivity contribution is 0.0274. The van der Waals surface area contributed by atoms with Crippen molar-refractivity contribution in [2.45, 2.75) is 13.8 Å². The molecule has 4 rings (SSSR count). The number of nitrogens with zero attached hydrogens (tertiary/aromatic N) is 2. The quantitative estimate of drug-likeness (QED) is 0.482. The van der Waals surface area contributed by atoms with Crippen LogP contribution in [-0.4, -0.2) is 49.8 Å². The van der Waals surface area contributed by atoms with Crippen molar-refractivity contribution in [3.05, 3.63) is 59.7 Å². The molecule has 6 nitrogen and oxygen atoms in total. The van der Waals surface area contributed by atoms with E-state index in [1.165, 1.54) is 11.3 Å². The summed E-state index contributed by atoms with van der Waals surface area (Å²) >= 11 is 1.52. The van der Waals surface area contributed by atoms with E-state index in [1.54, 1.807) is 0 Å². The zero-order valence-electron chi connectivity index (χ0n) is 19.0. The number of para-hydroxylation sites is 2. The van der Waals surface area contributed by atoms with Crippen LogP contribution in [-0.2, 0) is 9.47 Å². The van der Waals surface area contributed by atoms with E-state index in [1.807, 2.05) is 74.5 Å². The standard InChI is InChI=1S/C26H28N2O4S/c1-3-7-19-9-5-11-21-23(19)31-17-15-29-13-14-30-16-18-32-24-20(8-4-2)10-6-12-22(24)26-28-27-25(21)33-26/h3-12H,13-18H2,1-2H3/b7-3+,8-4+. The molecule has 2 bridgehead atoms. The van der Waals surface area contributed by atoms with Gasteiger partial charge in [0.05, 0.1) is 37.6 Å². The molecule has 2 aromatic carbocycles. The first-order chi connectivity index (χ1) is 16.3. The summed E-state index contributed by atoms with van der Waals surface area (Å²) in [4.78, 5) is 0. The second kappa shape index (κ2) is 11.7. The molecule has 0 atom stereocenters. The second-order valence-corrected chi connectivity index (χ2v) is 8.26. The van der Waals surface area contributed by atoms with Crippen LogP contribution in [0.15, 0.2) is 48.6 Å². The zero-order valence-corrected chi connectivity index (χ0v) is 19.8. The fourth-order valence-corrected chi connectivity index (χ4v) is 4.45. The fraction of sp³-hybridized carbons (Fsp3) is 0.308. The molecule has 1 aliphatic rings. The van der Waals surface area contributed by atoms with E-state index in [2.05, 4.69) is 10.2 Å². The van der Waals surface area contributed by atoms with Crippen LogP contribution in [0.25, 0.3) is 33.3 Å². The molecular formula is C26H28N2O4S. The zero-order chi connectivity index (χ0) is 22.9. The Morgan fingerprint density at radius 2 is 1.12 bits per heavy atom. The van der Waals surface area contributed by atoms with E-state index in [-0.39, 0.29) is 0 Å². The van der Waals surface area contributed by atoms with Crippen molar-refractivity contribution in [3.63, 3.8) is 0 Å². The minimum Gasteiger partial charge on any atom is -0.490 e. The summed E-state index contributed by atoms with van der Waals surface area (Å²) in [7, 11) is 0. The number of rotatable bonds is 2. The van der Waals surface area contributed by atoms with E-state index >= 15 is 0 Å². The van der Waals surface area contributed by atoms with E-state index in [9.17, 15) is 0 Å². The van der Waals surface area contributed by atoms with Crippen molar-refractivity contribution >= 4 is 23.5 Å². The van der Waals surface area contributed by atoms with Gasteiger partial charge < -0.3 is 18.9 Å². The van der Waals surface area contributed by atoms with Gasteiger partial charge in [0.1, 0.15) is 24.7 Å². The van der Waals surface area contributed by atoms with Gasteiger partial charge in [-0.15, -0.1) is 10.2 Å². The highest BCUT2D eigenvalue weighted by Gasteiger charge is 2.19. The number of fused-ring (bicyclic) bond motifs is 6. The average molecular weight is 465 g/mol. The summed E-state index contributed by atoms with van der Waals surface area (Å²) in [5, 5.41) is 10.6. The highest BCUT2D eigenvalue weighted by Crippen LogP contribution is 2.41. The third-order valence-electron chi connectivity index (χ3n) is 4.99. The van der Waals surface area contributed by atoms with Crippen molar-refractivity contribution in [1.82, 2.24) is 10.2 Å². The smallest absolute Gasteiger partial charge is 0.151 e. The van der Waals surface area contributed by atoms with E-state index < -0.39 is 0 Å². The highest BCUT2D eigenvalue weighted by atomic mass is 32.1. The Labute approximate surface area is 198 Å². The first-order valence-corrected chi connectivity index (χ1v) is 11.9. The van der Waals surface area contributed by atoms with Gasteiger partial charge in [-0.1, -0.05) is 59.9 Å². The molecule has 0 spiro atoms. The Kier molecular flexibility index (Phi) is 8.24. The van der Waals surface area contributed by atoms with Crippen LogP contribution in [0.1, 0.15) is 25.0 Å². The van der Waals surface area contributed by atoms with Crippen LogP contribution < -0.4 is 9.47 Å². The molecule has 0 N–H and O–H groups in total. The second-order valence-electron chi connectivity index (χ2n) is 7.28. The molecule has 1 aliphatic heterocycles. The lowest BCUT2D eigenvalue weighted by Crippen LogP contribution is -2.14. The molecule has 0 saturated heterocycles. The monoisotopic (exact) mass is 464 g/mol. The van der Waals surface area contributed by atoms with E-state index in [0.717, 1.165) is 43.8 Å². The maximum absolute atomic E-state index is 6.17. The Bertz CT molecular complexity index is 1040. The van der Waals surface area contributed by atoms with Gasteiger partial charge in [0.2, 0.25) is 0 Å². The van der Waals surface area contributed by atoms with Crippen LogP contribution >= 0.6 is 11.3 Å². The molecule has 0 unspecified atom stereocenters. The SMILES string of the molecule is C/C=C/c1cccc2c1OCCOCCOCCOc1c(/C=C/C)cccc1-c1nnc-2s1. The number of hydrogen-bond donors (Lipinski definition) is 0. The largest absolute Gasteiger partial charge is 0.490 e. The summed E-state index contributed by atoms with van der Waals surface area (Å²) in [5.74, 6) is 1.56. The van der Waals surface area contributed by atoms with Gasteiger partial charge in [-0.05, 0) is 26.0 Å².